The number of aromatic nitrogens is 1. The molecule has 110 valence electrons. The molecule has 1 aromatic rings. The second-order valence-corrected chi connectivity index (χ2v) is 6.11. The monoisotopic (exact) mass is 300 g/mol. The molecule has 1 N–H and O–H groups in total. The summed E-state index contributed by atoms with van der Waals surface area (Å²) in [6, 6.07) is 0. The highest BCUT2D eigenvalue weighted by Crippen LogP contribution is 2.24. The van der Waals surface area contributed by atoms with Crippen LogP contribution in [0.5, 0.6) is 0 Å². The summed E-state index contributed by atoms with van der Waals surface area (Å²) in [5, 5.41) is 19.7. The number of pyridine rings is 1. The molecule has 0 saturated heterocycles. The van der Waals surface area contributed by atoms with E-state index in [-0.39, 0.29) is 17.2 Å². The van der Waals surface area contributed by atoms with Crippen LogP contribution in [0.15, 0.2) is 6.20 Å². The van der Waals surface area contributed by atoms with E-state index < -0.39 is 27.6 Å². The number of nitrogens with zero attached hydrogens (tertiary/aromatic N) is 2. The van der Waals surface area contributed by atoms with E-state index in [1.54, 1.807) is 13.8 Å². The molecule has 1 rings (SSSR count). The zero-order valence-electron chi connectivity index (χ0n) is 11.5. The zero-order chi connectivity index (χ0) is 15.4. The summed E-state index contributed by atoms with van der Waals surface area (Å²) >= 11 is 0. The lowest BCUT2D eigenvalue weighted by Crippen LogP contribution is -2.18. The van der Waals surface area contributed by atoms with Crippen molar-refractivity contribution in [3.05, 3.63) is 33.1 Å². The molecule has 0 aromatic carbocycles. The zero-order valence-corrected chi connectivity index (χ0v) is 12.3. The average molecular weight is 300 g/mol. The third kappa shape index (κ3) is 3.83. The molecular formula is C12H16N2O5S. The molecule has 1 heterocycles. The van der Waals surface area contributed by atoms with E-state index in [0.717, 1.165) is 0 Å². The first-order valence-corrected chi connectivity index (χ1v) is 7.40. The van der Waals surface area contributed by atoms with Gasteiger partial charge in [-0.15, -0.1) is 0 Å². The molecule has 0 radical (unpaired) electrons. The van der Waals surface area contributed by atoms with Crippen LogP contribution in [0.4, 0.5) is 5.69 Å². The lowest BCUT2D eigenvalue weighted by atomic mass is 10.1. The fourth-order valence-electron chi connectivity index (χ4n) is 1.75. The smallest absolute Gasteiger partial charge is 0.307 e. The Morgan fingerprint density at radius 1 is 1.55 bits per heavy atom. The van der Waals surface area contributed by atoms with E-state index in [2.05, 4.69) is 4.98 Å². The van der Waals surface area contributed by atoms with Gasteiger partial charge in [-0.3, -0.25) is 24.1 Å². The van der Waals surface area contributed by atoms with Crippen molar-refractivity contribution >= 4 is 22.5 Å². The molecule has 0 spiro atoms. The van der Waals surface area contributed by atoms with Gasteiger partial charge in [-0.25, -0.2) is 0 Å². The highest BCUT2D eigenvalue weighted by Gasteiger charge is 2.21. The van der Waals surface area contributed by atoms with Crippen LogP contribution in [-0.4, -0.2) is 30.9 Å². The van der Waals surface area contributed by atoms with Gasteiger partial charge in [0.15, 0.2) is 0 Å². The quantitative estimate of drug-likeness (QED) is 0.630. The van der Waals surface area contributed by atoms with Crippen molar-refractivity contribution in [2.75, 3.05) is 5.75 Å². The molecule has 2 atom stereocenters. The normalized spacial score (nSPS) is 13.8. The third-order valence-electron chi connectivity index (χ3n) is 2.91. The largest absolute Gasteiger partial charge is 0.481 e. The summed E-state index contributed by atoms with van der Waals surface area (Å²) in [6.07, 6.45) is 1.37. The summed E-state index contributed by atoms with van der Waals surface area (Å²) in [5.74, 6) is -1.72. The number of aliphatic carboxylic acids is 1. The van der Waals surface area contributed by atoms with Crippen LogP contribution < -0.4 is 0 Å². The molecule has 0 aliphatic rings. The van der Waals surface area contributed by atoms with E-state index in [1.165, 1.54) is 13.1 Å². The average Bonchev–Trinajstić information content (AvgIpc) is 2.32. The standard InChI is InChI=1S/C12H16N2O5S/c1-7-4-13-10(9(3)11(7)14(17)18)6-20(19)5-8(2)12(15)16/h4,8H,5-6H2,1-3H3,(H,15,16). The summed E-state index contributed by atoms with van der Waals surface area (Å²) < 4.78 is 11.9. The van der Waals surface area contributed by atoms with Crippen molar-refractivity contribution in [1.82, 2.24) is 4.98 Å². The molecular weight excluding hydrogens is 284 g/mol. The minimum Gasteiger partial charge on any atom is -0.481 e. The third-order valence-corrected chi connectivity index (χ3v) is 4.38. The number of nitro groups is 1. The fourth-order valence-corrected chi connectivity index (χ4v) is 3.17. The highest BCUT2D eigenvalue weighted by atomic mass is 32.2. The summed E-state index contributed by atoms with van der Waals surface area (Å²) in [4.78, 5) is 25.3. The number of carboxylic acids is 1. The first-order valence-electron chi connectivity index (χ1n) is 5.91. The number of carboxylic acid groups (broad SMARTS) is 1. The van der Waals surface area contributed by atoms with Crippen LogP contribution in [0, 0.1) is 29.9 Å². The van der Waals surface area contributed by atoms with Crippen molar-refractivity contribution in [2.45, 2.75) is 26.5 Å². The Balaban J connectivity index is 2.94. The predicted octanol–water partition coefficient (Wildman–Crippen LogP) is 1.58. The van der Waals surface area contributed by atoms with Gasteiger partial charge in [-0.05, 0) is 13.8 Å². The molecule has 7 nitrogen and oxygen atoms in total. The molecule has 1 aromatic heterocycles. The summed E-state index contributed by atoms with van der Waals surface area (Å²) in [7, 11) is -1.43. The molecule has 2 unspecified atom stereocenters. The second kappa shape index (κ2) is 6.56. The van der Waals surface area contributed by atoms with E-state index >= 15 is 0 Å². The van der Waals surface area contributed by atoms with Crippen LogP contribution in [0.2, 0.25) is 0 Å². The molecule has 0 fully saturated rings. The van der Waals surface area contributed by atoms with Gasteiger partial charge in [-0.1, -0.05) is 6.92 Å². The molecule has 0 bridgehead atoms. The maximum atomic E-state index is 11.9. The SMILES string of the molecule is Cc1cnc(CS(=O)CC(C)C(=O)O)c(C)c1[N+](=O)[O-]. The van der Waals surface area contributed by atoms with Gasteiger partial charge >= 0.3 is 5.97 Å². The Hall–Kier alpha value is -1.83. The van der Waals surface area contributed by atoms with Crippen LogP contribution in [0.25, 0.3) is 0 Å². The molecule has 8 heteroatoms. The Labute approximate surface area is 118 Å². The Kier molecular flexibility index (Phi) is 5.32. The van der Waals surface area contributed by atoms with E-state index in [4.69, 9.17) is 5.11 Å². The number of carbonyl (C=O) groups is 1. The van der Waals surface area contributed by atoms with Gasteiger partial charge in [0.05, 0.1) is 22.3 Å². The molecule has 20 heavy (non-hydrogen) atoms. The lowest BCUT2D eigenvalue weighted by molar-refractivity contribution is -0.386. The predicted molar refractivity (Wildman–Crippen MR) is 73.9 cm³/mol. The van der Waals surface area contributed by atoms with Gasteiger partial charge in [-0.2, -0.15) is 0 Å². The number of hydrogen-bond donors (Lipinski definition) is 1. The molecule has 0 aliphatic carbocycles. The number of aryl methyl sites for hydroxylation is 1. The Morgan fingerprint density at radius 3 is 2.65 bits per heavy atom. The van der Waals surface area contributed by atoms with Crippen LogP contribution in [0.1, 0.15) is 23.7 Å². The minimum absolute atomic E-state index is 0.00186. The first-order chi connectivity index (χ1) is 9.23. The van der Waals surface area contributed by atoms with Crippen molar-refractivity contribution in [2.24, 2.45) is 5.92 Å². The second-order valence-electron chi connectivity index (χ2n) is 4.61. The molecule has 0 saturated carbocycles. The van der Waals surface area contributed by atoms with E-state index in [1.807, 2.05) is 0 Å². The topological polar surface area (TPSA) is 110 Å². The van der Waals surface area contributed by atoms with Crippen LogP contribution in [-0.2, 0) is 21.3 Å². The van der Waals surface area contributed by atoms with Crippen molar-refractivity contribution in [3.63, 3.8) is 0 Å². The van der Waals surface area contributed by atoms with Crippen LogP contribution in [0.3, 0.4) is 0 Å². The summed E-state index contributed by atoms with van der Waals surface area (Å²) in [6.45, 7) is 4.62. The van der Waals surface area contributed by atoms with Crippen LogP contribution >= 0.6 is 0 Å². The van der Waals surface area contributed by atoms with Gasteiger partial charge in [0, 0.05) is 33.9 Å². The lowest BCUT2D eigenvalue weighted by Gasteiger charge is -2.09. The first kappa shape index (κ1) is 16.2. The van der Waals surface area contributed by atoms with Gasteiger partial charge in [0.25, 0.3) is 5.69 Å². The number of rotatable bonds is 6. The fraction of sp³-hybridized carbons (Fsp3) is 0.500. The van der Waals surface area contributed by atoms with E-state index in [0.29, 0.717) is 16.8 Å². The van der Waals surface area contributed by atoms with Gasteiger partial charge in [0.2, 0.25) is 0 Å². The van der Waals surface area contributed by atoms with Crippen molar-refractivity contribution in [1.29, 1.82) is 0 Å². The summed E-state index contributed by atoms with van der Waals surface area (Å²) in [5.41, 5.74) is 1.17. The van der Waals surface area contributed by atoms with Gasteiger partial charge in [0.1, 0.15) is 0 Å². The molecule has 0 aliphatic heterocycles. The van der Waals surface area contributed by atoms with Crippen molar-refractivity contribution in [3.8, 4) is 0 Å². The Bertz CT molecular complexity index is 573. The van der Waals surface area contributed by atoms with Gasteiger partial charge < -0.3 is 5.11 Å². The van der Waals surface area contributed by atoms with E-state index in [9.17, 15) is 19.1 Å². The maximum absolute atomic E-state index is 11.9. The van der Waals surface area contributed by atoms with Crippen molar-refractivity contribution < 1.29 is 19.0 Å². The maximum Gasteiger partial charge on any atom is 0.307 e. The number of hydrogen-bond acceptors (Lipinski definition) is 5. The molecule has 0 amide bonds. The minimum atomic E-state index is -1.43. The Morgan fingerprint density at radius 2 is 2.15 bits per heavy atom. The highest BCUT2D eigenvalue weighted by molar-refractivity contribution is 7.84.